The molecule has 0 fully saturated rings. The highest BCUT2D eigenvalue weighted by Gasteiger charge is 2.16. The lowest BCUT2D eigenvalue weighted by Crippen LogP contribution is -2.13. The Morgan fingerprint density at radius 1 is 1.07 bits per heavy atom. The van der Waals surface area contributed by atoms with E-state index in [4.69, 9.17) is 4.52 Å². The number of hydrogen-bond acceptors (Lipinski definition) is 7. The van der Waals surface area contributed by atoms with Crippen LogP contribution < -0.4 is 10.6 Å². The molecule has 4 aromatic rings. The molecule has 28 heavy (non-hydrogen) atoms. The number of nitrogens with one attached hydrogen (secondary N) is 2. The summed E-state index contributed by atoms with van der Waals surface area (Å²) in [6.45, 7) is 3.90. The Hall–Kier alpha value is -3.52. The quantitative estimate of drug-likeness (QED) is 0.507. The van der Waals surface area contributed by atoms with E-state index in [1.165, 1.54) is 16.9 Å². The van der Waals surface area contributed by atoms with Crippen molar-refractivity contribution >= 4 is 33.9 Å². The van der Waals surface area contributed by atoms with Gasteiger partial charge in [-0.3, -0.25) is 4.79 Å². The first kappa shape index (κ1) is 17.9. The molecule has 0 aliphatic rings. The zero-order chi connectivity index (χ0) is 19.5. The molecule has 8 heteroatoms. The smallest absolute Gasteiger partial charge is 0.279 e. The van der Waals surface area contributed by atoms with E-state index in [9.17, 15) is 4.79 Å². The molecule has 0 unspecified atom stereocenters. The summed E-state index contributed by atoms with van der Waals surface area (Å²) >= 11 is 1.44. The van der Waals surface area contributed by atoms with Crippen LogP contribution in [0.1, 0.15) is 21.7 Å². The summed E-state index contributed by atoms with van der Waals surface area (Å²) in [6.07, 6.45) is 0. The van der Waals surface area contributed by atoms with Gasteiger partial charge in [0.05, 0.1) is 0 Å². The maximum atomic E-state index is 12.3. The van der Waals surface area contributed by atoms with Gasteiger partial charge in [-0.15, -0.1) is 11.3 Å². The van der Waals surface area contributed by atoms with Gasteiger partial charge in [-0.05, 0) is 38.1 Å². The molecule has 1 aromatic carbocycles. The highest BCUT2D eigenvalue weighted by Crippen LogP contribution is 2.27. The number of nitrogens with zero attached hydrogens (tertiary/aromatic N) is 3. The van der Waals surface area contributed by atoms with Crippen LogP contribution in [0.15, 0.2) is 58.4 Å². The fourth-order valence-electron chi connectivity index (χ4n) is 2.50. The summed E-state index contributed by atoms with van der Waals surface area (Å²) in [6, 6.07) is 15.0. The number of pyridine rings is 1. The lowest BCUT2D eigenvalue weighted by molar-refractivity contribution is 0.101. The molecule has 7 nitrogen and oxygen atoms in total. The maximum Gasteiger partial charge on any atom is 0.279 e. The second-order valence-corrected chi connectivity index (χ2v) is 7.08. The van der Waals surface area contributed by atoms with E-state index in [0.29, 0.717) is 17.3 Å². The van der Waals surface area contributed by atoms with E-state index in [2.05, 4.69) is 25.8 Å². The second kappa shape index (κ2) is 7.61. The minimum absolute atomic E-state index is 0.166. The van der Waals surface area contributed by atoms with Crippen molar-refractivity contribution in [2.75, 3.05) is 10.6 Å². The minimum Gasteiger partial charge on any atom is -0.354 e. The lowest BCUT2D eigenvalue weighted by atomic mass is 10.2. The van der Waals surface area contributed by atoms with E-state index in [0.717, 1.165) is 16.5 Å². The van der Waals surface area contributed by atoms with Crippen LogP contribution >= 0.6 is 11.3 Å². The second-order valence-electron chi connectivity index (χ2n) is 6.22. The van der Waals surface area contributed by atoms with E-state index in [1.54, 1.807) is 12.1 Å². The summed E-state index contributed by atoms with van der Waals surface area (Å²) in [7, 11) is 0. The molecule has 0 saturated heterocycles. The average molecular weight is 391 g/mol. The fraction of sp³-hybridized carbons (Fsp3) is 0.100. The predicted octanol–water partition coefficient (Wildman–Crippen LogP) is 4.81. The number of aryl methyl sites for hydroxylation is 2. The number of carbonyl (C=O) groups is 1. The summed E-state index contributed by atoms with van der Waals surface area (Å²) in [5, 5.41) is 12.4. The third-order valence-electron chi connectivity index (χ3n) is 3.93. The van der Waals surface area contributed by atoms with Crippen molar-refractivity contribution in [2.24, 2.45) is 0 Å². The number of thiazole rings is 1. The first-order valence-corrected chi connectivity index (χ1v) is 9.46. The number of benzene rings is 1. The topological polar surface area (TPSA) is 92.9 Å². The molecule has 3 aromatic heterocycles. The van der Waals surface area contributed by atoms with Crippen LogP contribution in [0.5, 0.6) is 0 Å². The van der Waals surface area contributed by atoms with Gasteiger partial charge in [-0.2, -0.15) is 0 Å². The zero-order valence-corrected chi connectivity index (χ0v) is 16.1. The normalized spacial score (nSPS) is 10.6. The SMILES string of the molecule is Cc1ccc(Nc2nc(-c3cc(C(=O)Nc4cccc(C)n4)no3)cs2)cc1. The summed E-state index contributed by atoms with van der Waals surface area (Å²) in [5.74, 6) is 0.504. The third-order valence-corrected chi connectivity index (χ3v) is 4.69. The number of carbonyl (C=O) groups excluding carboxylic acids is 1. The Balaban J connectivity index is 1.46. The summed E-state index contributed by atoms with van der Waals surface area (Å²) in [5.41, 5.74) is 3.74. The number of aromatic nitrogens is 3. The standard InChI is InChI=1S/C20H17N5O2S/c1-12-6-8-14(9-7-12)22-20-23-16(11-28-20)17-10-15(25-27-17)19(26)24-18-5-3-4-13(2)21-18/h3-11H,1-2H3,(H,22,23)(H,21,24,26). The summed E-state index contributed by atoms with van der Waals surface area (Å²) in [4.78, 5) is 21.1. The molecule has 0 radical (unpaired) electrons. The average Bonchev–Trinajstić information content (AvgIpc) is 3.33. The summed E-state index contributed by atoms with van der Waals surface area (Å²) < 4.78 is 5.30. The Labute approximate surface area is 165 Å². The Bertz CT molecular complexity index is 1120. The van der Waals surface area contributed by atoms with Crippen LogP contribution in [-0.4, -0.2) is 21.0 Å². The van der Waals surface area contributed by atoms with Gasteiger partial charge < -0.3 is 15.2 Å². The van der Waals surface area contributed by atoms with Crippen LogP contribution in [0.3, 0.4) is 0 Å². The highest BCUT2D eigenvalue weighted by molar-refractivity contribution is 7.14. The molecule has 2 N–H and O–H groups in total. The van der Waals surface area contributed by atoms with E-state index in [-0.39, 0.29) is 11.6 Å². The van der Waals surface area contributed by atoms with Crippen molar-refractivity contribution in [3.8, 4) is 11.5 Å². The molecule has 140 valence electrons. The predicted molar refractivity (Wildman–Crippen MR) is 109 cm³/mol. The zero-order valence-electron chi connectivity index (χ0n) is 15.3. The number of rotatable bonds is 5. The van der Waals surface area contributed by atoms with E-state index >= 15 is 0 Å². The van der Waals surface area contributed by atoms with Crippen LogP contribution in [0.2, 0.25) is 0 Å². The van der Waals surface area contributed by atoms with Crippen molar-refractivity contribution < 1.29 is 9.32 Å². The molecule has 0 aliphatic carbocycles. The van der Waals surface area contributed by atoms with Crippen molar-refractivity contribution in [3.05, 3.63) is 70.9 Å². The van der Waals surface area contributed by atoms with E-state index < -0.39 is 0 Å². The van der Waals surface area contributed by atoms with Crippen LogP contribution in [-0.2, 0) is 0 Å². The van der Waals surface area contributed by atoms with Crippen molar-refractivity contribution in [1.82, 2.24) is 15.1 Å². The van der Waals surface area contributed by atoms with E-state index in [1.807, 2.05) is 55.6 Å². The molecular weight excluding hydrogens is 374 g/mol. The molecular formula is C20H17N5O2S. The minimum atomic E-state index is -0.388. The highest BCUT2D eigenvalue weighted by atomic mass is 32.1. The monoisotopic (exact) mass is 391 g/mol. The first-order valence-electron chi connectivity index (χ1n) is 8.58. The molecule has 3 heterocycles. The molecule has 4 rings (SSSR count). The number of hydrogen-bond donors (Lipinski definition) is 2. The Morgan fingerprint density at radius 2 is 1.89 bits per heavy atom. The van der Waals surface area contributed by atoms with Crippen LogP contribution in [0.4, 0.5) is 16.6 Å². The van der Waals surface area contributed by atoms with Crippen molar-refractivity contribution in [2.45, 2.75) is 13.8 Å². The van der Waals surface area contributed by atoms with Gasteiger partial charge in [0, 0.05) is 22.8 Å². The van der Waals surface area contributed by atoms with Crippen LogP contribution in [0, 0.1) is 13.8 Å². The lowest BCUT2D eigenvalue weighted by Gasteiger charge is -2.02. The van der Waals surface area contributed by atoms with Gasteiger partial charge in [0.2, 0.25) is 0 Å². The Morgan fingerprint density at radius 3 is 2.68 bits per heavy atom. The van der Waals surface area contributed by atoms with Crippen LogP contribution in [0.25, 0.3) is 11.5 Å². The van der Waals surface area contributed by atoms with Crippen molar-refractivity contribution in [1.29, 1.82) is 0 Å². The number of anilines is 3. The molecule has 0 aliphatic heterocycles. The first-order chi connectivity index (χ1) is 13.6. The van der Waals surface area contributed by atoms with Gasteiger partial charge in [-0.1, -0.05) is 28.9 Å². The molecule has 1 amide bonds. The Kier molecular flexibility index (Phi) is 4.86. The number of amides is 1. The van der Waals surface area contributed by atoms with Gasteiger partial charge >= 0.3 is 0 Å². The maximum absolute atomic E-state index is 12.3. The van der Waals surface area contributed by atoms with Gasteiger partial charge in [0.1, 0.15) is 11.5 Å². The largest absolute Gasteiger partial charge is 0.354 e. The molecule has 0 saturated carbocycles. The molecule has 0 bridgehead atoms. The van der Waals surface area contributed by atoms with Gasteiger partial charge in [0.15, 0.2) is 16.6 Å². The van der Waals surface area contributed by atoms with Gasteiger partial charge in [0.25, 0.3) is 5.91 Å². The molecule has 0 atom stereocenters. The van der Waals surface area contributed by atoms with Crippen molar-refractivity contribution in [3.63, 3.8) is 0 Å². The van der Waals surface area contributed by atoms with Gasteiger partial charge in [-0.25, -0.2) is 9.97 Å². The molecule has 0 spiro atoms. The fourth-order valence-corrected chi connectivity index (χ4v) is 3.22. The third kappa shape index (κ3) is 4.07.